The van der Waals surface area contributed by atoms with Crippen molar-refractivity contribution >= 4 is 27.1 Å². The van der Waals surface area contributed by atoms with Gasteiger partial charge in [0.05, 0.1) is 4.90 Å². The molecule has 0 bridgehead atoms. The van der Waals surface area contributed by atoms with Crippen LogP contribution in [0.4, 0.5) is 0 Å². The van der Waals surface area contributed by atoms with Crippen LogP contribution in [0.15, 0.2) is 16.3 Å². The standard InChI is InChI=1S/C18H27NO3S2/c1-17(2,3)11-16(20)18(8-5-4-6-9-18)13-19-12-14-15(7-10-23-14)24(19,21)22/h7,10H,4-6,8-9,11-13H2,1-3H3. The van der Waals surface area contributed by atoms with Gasteiger partial charge in [-0.25, -0.2) is 8.42 Å². The lowest BCUT2D eigenvalue weighted by Crippen LogP contribution is -2.45. The van der Waals surface area contributed by atoms with Gasteiger partial charge in [0.1, 0.15) is 5.78 Å². The summed E-state index contributed by atoms with van der Waals surface area (Å²) in [6.45, 7) is 7.01. The second kappa shape index (κ2) is 6.22. The van der Waals surface area contributed by atoms with Crippen LogP contribution in [0.3, 0.4) is 0 Å². The Bertz CT molecular complexity index is 722. The zero-order valence-corrected chi connectivity index (χ0v) is 16.4. The number of hydrogen-bond donors (Lipinski definition) is 0. The van der Waals surface area contributed by atoms with Gasteiger partial charge in [0, 0.05) is 29.8 Å². The minimum Gasteiger partial charge on any atom is -0.299 e. The SMILES string of the molecule is CC(C)(C)CC(=O)C1(CN2Cc3sccc3S2(=O)=O)CCCCC1. The van der Waals surface area contributed by atoms with Gasteiger partial charge in [-0.15, -0.1) is 11.3 Å². The molecule has 0 N–H and O–H groups in total. The molecule has 1 aliphatic heterocycles. The molecule has 2 aliphatic rings. The van der Waals surface area contributed by atoms with E-state index < -0.39 is 15.4 Å². The lowest BCUT2D eigenvalue weighted by atomic mass is 9.68. The molecule has 1 aliphatic carbocycles. The first-order chi connectivity index (χ1) is 11.1. The van der Waals surface area contributed by atoms with Gasteiger partial charge in [-0.2, -0.15) is 4.31 Å². The van der Waals surface area contributed by atoms with E-state index in [-0.39, 0.29) is 11.2 Å². The van der Waals surface area contributed by atoms with Crippen molar-refractivity contribution in [2.75, 3.05) is 6.54 Å². The Morgan fingerprint density at radius 2 is 1.92 bits per heavy atom. The first kappa shape index (κ1) is 18.1. The van der Waals surface area contributed by atoms with Crippen LogP contribution in [0.1, 0.15) is 64.2 Å². The van der Waals surface area contributed by atoms with Crippen LogP contribution in [0, 0.1) is 10.8 Å². The molecule has 0 unspecified atom stereocenters. The maximum absolute atomic E-state index is 13.1. The highest BCUT2D eigenvalue weighted by atomic mass is 32.2. The summed E-state index contributed by atoms with van der Waals surface area (Å²) in [6.07, 6.45) is 5.34. The monoisotopic (exact) mass is 369 g/mol. The summed E-state index contributed by atoms with van der Waals surface area (Å²) in [5, 5.41) is 1.83. The van der Waals surface area contributed by atoms with Crippen LogP contribution in [0.2, 0.25) is 0 Å². The van der Waals surface area contributed by atoms with Crippen LogP contribution >= 0.6 is 11.3 Å². The van der Waals surface area contributed by atoms with E-state index in [1.54, 1.807) is 10.4 Å². The quantitative estimate of drug-likeness (QED) is 0.799. The van der Waals surface area contributed by atoms with Crippen LogP contribution in [0.25, 0.3) is 0 Å². The average molecular weight is 370 g/mol. The summed E-state index contributed by atoms with van der Waals surface area (Å²) < 4.78 is 27.1. The van der Waals surface area contributed by atoms with Crippen LogP contribution in [0.5, 0.6) is 0 Å². The third kappa shape index (κ3) is 3.33. The number of carbonyl (C=O) groups is 1. The van der Waals surface area contributed by atoms with E-state index in [9.17, 15) is 13.2 Å². The maximum Gasteiger partial charge on any atom is 0.244 e. The Hall–Kier alpha value is -0.720. The second-order valence-electron chi connectivity index (χ2n) is 8.48. The number of nitrogens with zero attached hydrogens (tertiary/aromatic N) is 1. The Morgan fingerprint density at radius 3 is 2.50 bits per heavy atom. The van der Waals surface area contributed by atoms with E-state index in [0.717, 1.165) is 37.0 Å². The molecule has 6 heteroatoms. The fourth-order valence-electron chi connectivity index (χ4n) is 3.96. The molecule has 0 amide bonds. The number of fused-ring (bicyclic) bond motifs is 1. The Balaban J connectivity index is 1.86. The van der Waals surface area contributed by atoms with Crippen molar-refractivity contribution in [2.24, 2.45) is 10.8 Å². The molecule has 1 aromatic rings. The third-order valence-electron chi connectivity index (χ3n) is 5.21. The summed E-state index contributed by atoms with van der Waals surface area (Å²) in [4.78, 5) is 14.5. The van der Waals surface area contributed by atoms with Gasteiger partial charge >= 0.3 is 0 Å². The lowest BCUT2D eigenvalue weighted by molar-refractivity contribution is -0.133. The average Bonchev–Trinajstić information content (AvgIpc) is 3.02. The summed E-state index contributed by atoms with van der Waals surface area (Å²) in [6, 6.07) is 1.69. The van der Waals surface area contributed by atoms with Crippen molar-refractivity contribution in [3.05, 3.63) is 16.3 Å². The molecular formula is C18H27NO3S2. The maximum atomic E-state index is 13.1. The van der Waals surface area contributed by atoms with Crippen molar-refractivity contribution in [1.82, 2.24) is 4.31 Å². The number of Topliss-reactive ketones (excluding diaryl/α,β-unsaturated/α-hetero) is 1. The predicted octanol–water partition coefficient (Wildman–Crippen LogP) is 4.21. The smallest absolute Gasteiger partial charge is 0.244 e. The van der Waals surface area contributed by atoms with Crippen molar-refractivity contribution in [3.8, 4) is 0 Å². The van der Waals surface area contributed by atoms with E-state index in [1.165, 1.54) is 11.3 Å². The molecule has 134 valence electrons. The van der Waals surface area contributed by atoms with Gasteiger partial charge in [0.15, 0.2) is 0 Å². The molecule has 2 heterocycles. The molecular weight excluding hydrogens is 342 g/mol. The molecule has 3 rings (SSSR count). The molecule has 0 aromatic carbocycles. The molecule has 0 radical (unpaired) electrons. The first-order valence-corrected chi connectivity index (χ1v) is 11.1. The lowest BCUT2D eigenvalue weighted by Gasteiger charge is -2.39. The fourth-order valence-corrected chi connectivity index (χ4v) is 6.96. The second-order valence-corrected chi connectivity index (χ2v) is 11.4. The Labute approximate surface area is 149 Å². The van der Waals surface area contributed by atoms with Gasteiger partial charge in [-0.05, 0) is 29.7 Å². The number of carbonyl (C=O) groups excluding carboxylic acids is 1. The summed E-state index contributed by atoms with van der Waals surface area (Å²) >= 11 is 1.49. The van der Waals surface area contributed by atoms with Gasteiger partial charge < -0.3 is 0 Å². The molecule has 1 aromatic heterocycles. The number of rotatable bonds is 4. The van der Waals surface area contributed by atoms with Crippen LogP contribution < -0.4 is 0 Å². The highest BCUT2D eigenvalue weighted by Crippen LogP contribution is 2.44. The Morgan fingerprint density at radius 1 is 1.25 bits per heavy atom. The largest absolute Gasteiger partial charge is 0.299 e. The summed E-state index contributed by atoms with van der Waals surface area (Å²) in [5.41, 5.74) is -0.559. The van der Waals surface area contributed by atoms with Crippen LogP contribution in [-0.4, -0.2) is 25.1 Å². The number of ketones is 1. The molecule has 4 nitrogen and oxygen atoms in total. The van der Waals surface area contributed by atoms with Crippen molar-refractivity contribution in [1.29, 1.82) is 0 Å². The summed E-state index contributed by atoms with van der Waals surface area (Å²) in [5.74, 6) is 0.250. The number of sulfonamides is 1. The highest BCUT2D eigenvalue weighted by molar-refractivity contribution is 7.89. The van der Waals surface area contributed by atoms with E-state index in [4.69, 9.17) is 0 Å². The number of thiophene rings is 1. The van der Waals surface area contributed by atoms with Crippen molar-refractivity contribution in [2.45, 2.75) is 70.7 Å². The molecule has 1 saturated carbocycles. The summed E-state index contributed by atoms with van der Waals surface area (Å²) in [7, 11) is -3.43. The van der Waals surface area contributed by atoms with E-state index in [1.807, 2.05) is 5.38 Å². The predicted molar refractivity (Wildman–Crippen MR) is 96.5 cm³/mol. The highest BCUT2D eigenvalue weighted by Gasteiger charge is 2.46. The van der Waals surface area contributed by atoms with Gasteiger partial charge in [0.25, 0.3) is 0 Å². The van der Waals surface area contributed by atoms with Gasteiger partial charge in [0.2, 0.25) is 10.0 Å². The van der Waals surface area contributed by atoms with Gasteiger partial charge in [-0.3, -0.25) is 4.79 Å². The molecule has 0 saturated heterocycles. The zero-order chi connectivity index (χ0) is 17.6. The first-order valence-electron chi connectivity index (χ1n) is 8.74. The zero-order valence-electron chi connectivity index (χ0n) is 14.8. The normalized spacial score (nSPS) is 23.1. The Kier molecular flexibility index (Phi) is 4.69. The van der Waals surface area contributed by atoms with E-state index >= 15 is 0 Å². The van der Waals surface area contributed by atoms with Crippen LogP contribution in [-0.2, 0) is 21.4 Å². The van der Waals surface area contributed by atoms with E-state index in [0.29, 0.717) is 24.4 Å². The topological polar surface area (TPSA) is 54.5 Å². The molecule has 24 heavy (non-hydrogen) atoms. The van der Waals surface area contributed by atoms with Gasteiger partial charge in [-0.1, -0.05) is 40.0 Å². The minimum atomic E-state index is -3.43. The molecule has 0 atom stereocenters. The molecule has 0 spiro atoms. The van der Waals surface area contributed by atoms with Crippen molar-refractivity contribution < 1.29 is 13.2 Å². The molecule has 1 fully saturated rings. The third-order valence-corrected chi connectivity index (χ3v) is 8.13. The number of hydrogen-bond acceptors (Lipinski definition) is 4. The van der Waals surface area contributed by atoms with E-state index in [2.05, 4.69) is 20.8 Å². The minimum absolute atomic E-state index is 0.0655. The van der Waals surface area contributed by atoms with Crippen molar-refractivity contribution in [3.63, 3.8) is 0 Å². The fraction of sp³-hybridized carbons (Fsp3) is 0.722.